The summed E-state index contributed by atoms with van der Waals surface area (Å²) in [6, 6.07) is 0. The van der Waals surface area contributed by atoms with Crippen molar-refractivity contribution in [3.05, 3.63) is 0 Å². The van der Waals surface area contributed by atoms with Gasteiger partial charge in [0.15, 0.2) is 0 Å². The minimum atomic E-state index is -0.863. The van der Waals surface area contributed by atoms with E-state index in [-0.39, 0.29) is 13.0 Å². The predicted molar refractivity (Wildman–Crippen MR) is 25.4 cm³/mol. The van der Waals surface area contributed by atoms with Crippen LogP contribution in [0.15, 0.2) is 0 Å². The average molecular weight is 105 g/mol. The summed E-state index contributed by atoms with van der Waals surface area (Å²) in [5.74, 6) is 0. The molecular weight excluding hydrogens is 95.1 g/mol. The molecule has 1 nitrogen and oxygen atoms in total. The van der Waals surface area contributed by atoms with E-state index in [1.165, 1.54) is 0 Å². The fourth-order valence-electron chi connectivity index (χ4n) is 0.332. The minimum Gasteiger partial charge on any atom is -0.247 e. The highest BCUT2D eigenvalue weighted by Gasteiger charge is 1.99. The van der Waals surface area contributed by atoms with E-state index in [9.17, 15) is 9.50 Å². The van der Waals surface area contributed by atoms with Gasteiger partial charge >= 0.3 is 0 Å². The largest absolute Gasteiger partial charge is 0.247 e. The Morgan fingerprint density at radius 2 is 2.29 bits per heavy atom. The average Bonchev–Trinajstić information content (AvgIpc) is 1.68. The van der Waals surface area contributed by atoms with Gasteiger partial charge in [-0.25, -0.2) is 9.50 Å². The zero-order valence-electron chi connectivity index (χ0n) is 4.48. The highest BCUT2D eigenvalue weighted by Crippen LogP contribution is 1.99. The molecule has 0 saturated carbocycles. The van der Waals surface area contributed by atoms with Crippen LogP contribution >= 0.6 is 0 Å². The molecule has 0 fully saturated rings. The Morgan fingerprint density at radius 1 is 1.71 bits per heavy atom. The van der Waals surface area contributed by atoms with Crippen molar-refractivity contribution in [2.75, 3.05) is 6.61 Å². The Balaban J connectivity index is 2.83. The van der Waals surface area contributed by atoms with Crippen LogP contribution in [-0.4, -0.2) is 12.8 Å². The Kier molecular flexibility index (Phi) is 4.00. The maximum atomic E-state index is 11.9. The van der Waals surface area contributed by atoms with Gasteiger partial charge in [0.2, 0.25) is 0 Å². The first-order chi connectivity index (χ1) is 3.31. The van der Waals surface area contributed by atoms with Crippen molar-refractivity contribution in [2.45, 2.75) is 25.9 Å². The fraction of sp³-hybridized carbons (Fsp3) is 1.00. The standard InChI is InChI=1S/C5H10FO/c1-2-5(6)3-4-7/h5H,2-4H2,1H3. The lowest BCUT2D eigenvalue weighted by molar-refractivity contribution is 0.152. The summed E-state index contributed by atoms with van der Waals surface area (Å²) in [4.78, 5) is 0. The van der Waals surface area contributed by atoms with Crippen molar-refractivity contribution in [1.29, 1.82) is 0 Å². The van der Waals surface area contributed by atoms with E-state index in [4.69, 9.17) is 0 Å². The van der Waals surface area contributed by atoms with Crippen molar-refractivity contribution >= 4 is 0 Å². The summed E-state index contributed by atoms with van der Waals surface area (Å²) >= 11 is 0. The third-order valence-electron chi connectivity index (χ3n) is 0.874. The van der Waals surface area contributed by atoms with Gasteiger partial charge in [-0.2, -0.15) is 0 Å². The van der Waals surface area contributed by atoms with Gasteiger partial charge in [-0.1, -0.05) is 6.92 Å². The van der Waals surface area contributed by atoms with E-state index in [2.05, 4.69) is 0 Å². The third-order valence-corrected chi connectivity index (χ3v) is 0.874. The van der Waals surface area contributed by atoms with Crippen molar-refractivity contribution in [2.24, 2.45) is 0 Å². The van der Waals surface area contributed by atoms with Crippen LogP contribution in [0.1, 0.15) is 19.8 Å². The fourth-order valence-corrected chi connectivity index (χ4v) is 0.332. The van der Waals surface area contributed by atoms with Gasteiger partial charge in [0.1, 0.15) is 6.17 Å². The number of hydrogen-bond acceptors (Lipinski definition) is 0. The number of rotatable bonds is 3. The van der Waals surface area contributed by atoms with Crippen molar-refractivity contribution < 1.29 is 9.50 Å². The van der Waals surface area contributed by atoms with Gasteiger partial charge < -0.3 is 0 Å². The molecule has 0 aromatic carbocycles. The zero-order chi connectivity index (χ0) is 5.70. The lowest BCUT2D eigenvalue weighted by Gasteiger charge is -1.96. The van der Waals surface area contributed by atoms with E-state index in [1.54, 1.807) is 6.92 Å². The molecule has 0 spiro atoms. The van der Waals surface area contributed by atoms with Crippen LogP contribution < -0.4 is 0 Å². The monoisotopic (exact) mass is 105 g/mol. The van der Waals surface area contributed by atoms with E-state index in [1.807, 2.05) is 0 Å². The summed E-state index contributed by atoms with van der Waals surface area (Å²) in [5.41, 5.74) is 0. The molecule has 43 valence electrons. The molecule has 0 bridgehead atoms. The Bertz CT molecular complexity index is 39.1. The molecule has 2 heteroatoms. The molecule has 0 aromatic heterocycles. The van der Waals surface area contributed by atoms with Crippen LogP contribution in [0.4, 0.5) is 4.39 Å². The third kappa shape index (κ3) is 3.73. The summed E-state index contributed by atoms with van der Waals surface area (Å²) in [5, 5.41) is 9.66. The van der Waals surface area contributed by atoms with Crippen LogP contribution in [0, 0.1) is 0 Å². The highest BCUT2D eigenvalue weighted by atomic mass is 19.1. The molecule has 1 radical (unpaired) electrons. The van der Waals surface area contributed by atoms with E-state index in [0.717, 1.165) is 0 Å². The first kappa shape index (κ1) is 6.89. The molecule has 0 aliphatic carbocycles. The summed E-state index contributed by atoms with van der Waals surface area (Å²) < 4.78 is 11.9. The van der Waals surface area contributed by atoms with Crippen LogP contribution in [0.3, 0.4) is 0 Å². The van der Waals surface area contributed by atoms with Gasteiger partial charge in [-0.05, 0) is 6.42 Å². The molecule has 7 heavy (non-hydrogen) atoms. The van der Waals surface area contributed by atoms with Crippen LogP contribution in [-0.2, 0) is 5.11 Å². The Labute approximate surface area is 43.2 Å². The Morgan fingerprint density at radius 3 is 2.43 bits per heavy atom. The quantitative estimate of drug-likeness (QED) is 0.519. The topological polar surface area (TPSA) is 19.9 Å². The van der Waals surface area contributed by atoms with E-state index < -0.39 is 6.17 Å². The normalized spacial score (nSPS) is 14.1. The maximum Gasteiger partial charge on any atom is 0.102 e. The second-order valence-electron chi connectivity index (χ2n) is 1.50. The molecule has 0 heterocycles. The lowest BCUT2D eigenvalue weighted by Crippen LogP contribution is -1.98. The molecule has 0 aromatic rings. The molecule has 0 aliphatic rings. The summed E-state index contributed by atoms with van der Waals surface area (Å²) in [7, 11) is 0. The predicted octanol–water partition coefficient (Wildman–Crippen LogP) is 1.56. The first-order valence-corrected chi connectivity index (χ1v) is 2.53. The molecule has 0 aliphatic heterocycles. The van der Waals surface area contributed by atoms with Crippen LogP contribution in [0.5, 0.6) is 0 Å². The van der Waals surface area contributed by atoms with E-state index in [0.29, 0.717) is 6.42 Å². The number of hydrogen-bond donors (Lipinski definition) is 0. The van der Waals surface area contributed by atoms with Gasteiger partial charge in [0.25, 0.3) is 0 Å². The molecule has 0 rings (SSSR count). The van der Waals surface area contributed by atoms with E-state index >= 15 is 0 Å². The van der Waals surface area contributed by atoms with Crippen molar-refractivity contribution in [1.82, 2.24) is 0 Å². The van der Waals surface area contributed by atoms with Crippen molar-refractivity contribution in [3.63, 3.8) is 0 Å². The molecule has 1 atom stereocenters. The molecule has 0 saturated heterocycles. The second-order valence-corrected chi connectivity index (χ2v) is 1.50. The summed E-state index contributed by atoms with van der Waals surface area (Å²) in [6.45, 7) is 1.45. The smallest absolute Gasteiger partial charge is 0.102 e. The van der Waals surface area contributed by atoms with Gasteiger partial charge in [-0.15, -0.1) is 0 Å². The zero-order valence-corrected chi connectivity index (χ0v) is 4.48. The summed E-state index contributed by atoms with van der Waals surface area (Å²) in [6.07, 6.45) is -0.212. The number of halogens is 1. The SMILES string of the molecule is CCC(F)CC[O]. The van der Waals surface area contributed by atoms with Crippen LogP contribution in [0.25, 0.3) is 0 Å². The lowest BCUT2D eigenvalue weighted by atomic mass is 10.2. The van der Waals surface area contributed by atoms with Gasteiger partial charge in [-0.3, -0.25) is 0 Å². The first-order valence-electron chi connectivity index (χ1n) is 2.53. The second kappa shape index (κ2) is 4.06. The van der Waals surface area contributed by atoms with Gasteiger partial charge in [0.05, 0.1) is 6.61 Å². The molecular formula is C5H10FO. The Hall–Kier alpha value is -0.110. The number of alkyl halides is 1. The molecule has 1 unspecified atom stereocenters. The van der Waals surface area contributed by atoms with Crippen LogP contribution in [0.2, 0.25) is 0 Å². The highest BCUT2D eigenvalue weighted by molar-refractivity contribution is 4.48. The maximum absolute atomic E-state index is 11.9. The van der Waals surface area contributed by atoms with Gasteiger partial charge in [0, 0.05) is 6.42 Å². The minimum absolute atomic E-state index is 0.177. The van der Waals surface area contributed by atoms with Crippen molar-refractivity contribution in [3.8, 4) is 0 Å². The molecule has 0 amide bonds. The molecule has 0 N–H and O–H groups in total.